The molecule has 0 fully saturated rings. The summed E-state index contributed by atoms with van der Waals surface area (Å²) in [5.74, 6) is 0. The predicted octanol–water partition coefficient (Wildman–Crippen LogP) is 1.80. The van der Waals surface area contributed by atoms with E-state index in [-0.39, 0.29) is 6.10 Å². The van der Waals surface area contributed by atoms with Gasteiger partial charge in [-0.25, -0.2) is 0 Å². The lowest BCUT2D eigenvalue weighted by Gasteiger charge is -2.39. The normalized spacial score (nSPS) is 24.5. The van der Waals surface area contributed by atoms with Gasteiger partial charge in [0, 0.05) is 6.54 Å². The van der Waals surface area contributed by atoms with Crippen LogP contribution >= 0.6 is 0 Å². The third-order valence-electron chi connectivity index (χ3n) is 2.89. The third kappa shape index (κ3) is 1.98. The Kier molecular flexibility index (Phi) is 3.28. The number of hydrogen-bond donors (Lipinski definition) is 1. The Labute approximate surface area is 96.5 Å². The second kappa shape index (κ2) is 4.53. The second-order valence-corrected chi connectivity index (χ2v) is 4.51. The number of benzene rings is 1. The van der Waals surface area contributed by atoms with Crippen molar-refractivity contribution in [2.75, 3.05) is 13.2 Å². The van der Waals surface area contributed by atoms with Gasteiger partial charge in [-0.3, -0.25) is 0 Å². The summed E-state index contributed by atoms with van der Waals surface area (Å²) in [4.78, 5) is 0. The lowest BCUT2D eigenvalue weighted by Crippen LogP contribution is -2.46. The van der Waals surface area contributed by atoms with Crippen LogP contribution in [0.2, 0.25) is 0 Å². The van der Waals surface area contributed by atoms with Crippen molar-refractivity contribution in [2.45, 2.75) is 32.2 Å². The molecule has 3 heteroatoms. The van der Waals surface area contributed by atoms with E-state index in [1.165, 1.54) is 11.1 Å². The Morgan fingerprint density at radius 2 is 2.19 bits per heavy atom. The molecule has 1 aromatic rings. The van der Waals surface area contributed by atoms with Crippen LogP contribution in [0.1, 0.15) is 25.0 Å². The van der Waals surface area contributed by atoms with Crippen LogP contribution in [0.25, 0.3) is 0 Å². The number of rotatable bonds is 3. The Morgan fingerprint density at radius 3 is 2.88 bits per heavy atom. The molecule has 2 rings (SSSR count). The molecule has 2 N–H and O–H groups in total. The Balaban J connectivity index is 2.40. The second-order valence-electron chi connectivity index (χ2n) is 4.51. The Morgan fingerprint density at radius 1 is 1.44 bits per heavy atom. The monoisotopic (exact) mass is 221 g/mol. The summed E-state index contributed by atoms with van der Waals surface area (Å²) in [5, 5.41) is 0. The number of fused-ring (bicyclic) bond motifs is 1. The van der Waals surface area contributed by atoms with Crippen LogP contribution in [-0.4, -0.2) is 19.3 Å². The molecule has 0 spiro atoms. The fourth-order valence-electron chi connectivity index (χ4n) is 2.26. The summed E-state index contributed by atoms with van der Waals surface area (Å²) < 4.78 is 11.6. The lowest BCUT2D eigenvalue weighted by molar-refractivity contribution is -0.137. The maximum absolute atomic E-state index is 6.00. The molecule has 0 saturated heterocycles. The first-order chi connectivity index (χ1) is 7.68. The Hall–Kier alpha value is -0.900. The fraction of sp³-hybridized carbons (Fsp3) is 0.538. The molecule has 88 valence electrons. The van der Waals surface area contributed by atoms with Crippen molar-refractivity contribution >= 4 is 0 Å². The zero-order valence-electron chi connectivity index (χ0n) is 9.90. The first kappa shape index (κ1) is 11.6. The predicted molar refractivity (Wildman–Crippen MR) is 63.1 cm³/mol. The molecule has 0 saturated carbocycles. The van der Waals surface area contributed by atoms with Gasteiger partial charge in [-0.15, -0.1) is 0 Å². The van der Waals surface area contributed by atoms with E-state index in [9.17, 15) is 0 Å². The molecule has 0 aromatic heterocycles. The van der Waals surface area contributed by atoms with Crippen molar-refractivity contribution in [1.29, 1.82) is 0 Å². The minimum Gasteiger partial charge on any atom is -0.373 e. The maximum atomic E-state index is 6.00. The SMILES string of the molecule is CC(C)OC1(CN)COCc2ccccc21. The summed E-state index contributed by atoms with van der Waals surface area (Å²) in [6, 6.07) is 8.21. The van der Waals surface area contributed by atoms with Gasteiger partial charge in [-0.05, 0) is 25.0 Å². The summed E-state index contributed by atoms with van der Waals surface area (Å²) in [6.45, 7) is 5.68. The van der Waals surface area contributed by atoms with Crippen molar-refractivity contribution in [2.24, 2.45) is 5.73 Å². The van der Waals surface area contributed by atoms with Crippen molar-refractivity contribution in [1.82, 2.24) is 0 Å². The molecule has 1 aliphatic heterocycles. The van der Waals surface area contributed by atoms with Crippen LogP contribution in [0.5, 0.6) is 0 Å². The maximum Gasteiger partial charge on any atom is 0.129 e. The molecular formula is C13H19NO2. The smallest absolute Gasteiger partial charge is 0.129 e. The average Bonchev–Trinajstić information content (AvgIpc) is 2.29. The van der Waals surface area contributed by atoms with Crippen molar-refractivity contribution in [3.63, 3.8) is 0 Å². The van der Waals surface area contributed by atoms with E-state index in [4.69, 9.17) is 15.2 Å². The highest BCUT2D eigenvalue weighted by Gasteiger charge is 2.37. The molecule has 3 nitrogen and oxygen atoms in total. The molecule has 1 heterocycles. The standard InChI is InChI=1S/C13H19NO2/c1-10(2)16-13(8-14)9-15-7-11-5-3-4-6-12(11)13/h3-6,10H,7-9,14H2,1-2H3. The van der Waals surface area contributed by atoms with Gasteiger partial charge in [0.15, 0.2) is 0 Å². The van der Waals surface area contributed by atoms with Gasteiger partial charge < -0.3 is 15.2 Å². The fourth-order valence-corrected chi connectivity index (χ4v) is 2.26. The molecule has 1 aliphatic rings. The first-order valence-electron chi connectivity index (χ1n) is 5.72. The largest absolute Gasteiger partial charge is 0.373 e. The van der Waals surface area contributed by atoms with Crippen LogP contribution < -0.4 is 5.73 Å². The molecule has 0 bridgehead atoms. The number of nitrogens with two attached hydrogens (primary N) is 1. The van der Waals surface area contributed by atoms with E-state index in [0.29, 0.717) is 19.8 Å². The van der Waals surface area contributed by atoms with Crippen molar-refractivity contribution in [3.05, 3.63) is 35.4 Å². The molecule has 0 aliphatic carbocycles. The summed E-state index contributed by atoms with van der Waals surface area (Å²) in [5.41, 5.74) is 7.79. The van der Waals surface area contributed by atoms with E-state index in [1.54, 1.807) is 0 Å². The van der Waals surface area contributed by atoms with Gasteiger partial charge in [0.25, 0.3) is 0 Å². The minimum absolute atomic E-state index is 0.137. The van der Waals surface area contributed by atoms with Gasteiger partial charge in [0.1, 0.15) is 5.60 Å². The summed E-state index contributed by atoms with van der Waals surface area (Å²) in [7, 11) is 0. The van der Waals surface area contributed by atoms with E-state index in [1.807, 2.05) is 26.0 Å². The van der Waals surface area contributed by atoms with E-state index in [2.05, 4.69) is 12.1 Å². The average molecular weight is 221 g/mol. The van der Waals surface area contributed by atoms with Crippen LogP contribution in [0.15, 0.2) is 24.3 Å². The molecule has 16 heavy (non-hydrogen) atoms. The Bertz CT molecular complexity index is 365. The number of ether oxygens (including phenoxy) is 2. The first-order valence-corrected chi connectivity index (χ1v) is 5.72. The topological polar surface area (TPSA) is 44.5 Å². The lowest BCUT2D eigenvalue weighted by atomic mass is 9.88. The van der Waals surface area contributed by atoms with Crippen molar-refractivity contribution in [3.8, 4) is 0 Å². The van der Waals surface area contributed by atoms with Crippen LogP contribution in [-0.2, 0) is 21.7 Å². The molecule has 0 radical (unpaired) electrons. The molecule has 1 atom stereocenters. The zero-order valence-corrected chi connectivity index (χ0v) is 9.90. The van der Waals surface area contributed by atoms with Crippen molar-refractivity contribution < 1.29 is 9.47 Å². The van der Waals surface area contributed by atoms with Crippen LogP contribution in [0.3, 0.4) is 0 Å². The van der Waals surface area contributed by atoms with Crippen LogP contribution in [0, 0.1) is 0 Å². The number of hydrogen-bond acceptors (Lipinski definition) is 3. The molecule has 1 aromatic carbocycles. The van der Waals surface area contributed by atoms with E-state index < -0.39 is 5.60 Å². The highest BCUT2D eigenvalue weighted by molar-refractivity contribution is 5.34. The van der Waals surface area contributed by atoms with Gasteiger partial charge in [0.05, 0.1) is 19.3 Å². The minimum atomic E-state index is -0.469. The highest BCUT2D eigenvalue weighted by atomic mass is 16.6. The molecular weight excluding hydrogens is 202 g/mol. The molecule has 0 amide bonds. The van der Waals surface area contributed by atoms with Gasteiger partial charge in [-0.1, -0.05) is 24.3 Å². The van der Waals surface area contributed by atoms with Gasteiger partial charge >= 0.3 is 0 Å². The van der Waals surface area contributed by atoms with E-state index >= 15 is 0 Å². The quantitative estimate of drug-likeness (QED) is 0.846. The summed E-state index contributed by atoms with van der Waals surface area (Å²) >= 11 is 0. The summed E-state index contributed by atoms with van der Waals surface area (Å²) in [6.07, 6.45) is 0.137. The van der Waals surface area contributed by atoms with Crippen LogP contribution in [0.4, 0.5) is 0 Å². The molecule has 1 unspecified atom stereocenters. The zero-order chi connectivity index (χ0) is 11.6. The third-order valence-corrected chi connectivity index (χ3v) is 2.89. The highest BCUT2D eigenvalue weighted by Crippen LogP contribution is 2.33. The van der Waals surface area contributed by atoms with Gasteiger partial charge in [-0.2, -0.15) is 0 Å². The van der Waals surface area contributed by atoms with E-state index in [0.717, 1.165) is 0 Å². The van der Waals surface area contributed by atoms with Gasteiger partial charge in [0.2, 0.25) is 0 Å².